The summed E-state index contributed by atoms with van der Waals surface area (Å²) >= 11 is 0. The molecule has 27 heavy (non-hydrogen) atoms. The maximum absolute atomic E-state index is 5.05. The predicted molar refractivity (Wildman–Crippen MR) is 105 cm³/mol. The lowest BCUT2D eigenvalue weighted by molar-refractivity contribution is 0.429. The van der Waals surface area contributed by atoms with Crippen LogP contribution in [0.3, 0.4) is 0 Å². The molecule has 1 aromatic carbocycles. The van der Waals surface area contributed by atoms with Gasteiger partial charge in [0.25, 0.3) is 0 Å². The molecule has 1 spiro atoms. The van der Waals surface area contributed by atoms with E-state index in [9.17, 15) is 0 Å². The third-order valence-corrected chi connectivity index (χ3v) is 6.57. The van der Waals surface area contributed by atoms with Crippen molar-refractivity contribution in [2.45, 2.75) is 50.5 Å². The summed E-state index contributed by atoms with van der Waals surface area (Å²) in [6.45, 7) is 0.745. The number of hydrogen-bond donors (Lipinski definition) is 2. The summed E-state index contributed by atoms with van der Waals surface area (Å²) in [6.07, 6.45) is 11.3. The Bertz CT molecular complexity index is 1150. The third-order valence-electron chi connectivity index (χ3n) is 6.57. The van der Waals surface area contributed by atoms with Crippen molar-refractivity contribution in [3.63, 3.8) is 0 Å². The second kappa shape index (κ2) is 5.55. The molecular formula is C21H22N6. The SMILES string of the molecule is c1cc(CNc2c3c(nc4ccnn24)C2(CCCC2)CC3)c2cn[nH]c2c1. The van der Waals surface area contributed by atoms with E-state index in [1.165, 1.54) is 54.3 Å². The molecule has 6 rings (SSSR count). The third kappa shape index (κ3) is 2.16. The van der Waals surface area contributed by atoms with Crippen LogP contribution >= 0.6 is 0 Å². The molecule has 2 N–H and O–H groups in total. The second-order valence-corrected chi connectivity index (χ2v) is 7.98. The summed E-state index contributed by atoms with van der Waals surface area (Å²) in [7, 11) is 0. The fraction of sp³-hybridized carbons (Fsp3) is 0.381. The van der Waals surface area contributed by atoms with E-state index in [0.29, 0.717) is 5.41 Å². The monoisotopic (exact) mass is 358 g/mol. The van der Waals surface area contributed by atoms with Gasteiger partial charge in [0.05, 0.1) is 23.6 Å². The van der Waals surface area contributed by atoms with Gasteiger partial charge in [-0.05, 0) is 37.3 Å². The molecule has 3 heterocycles. The molecule has 2 aliphatic rings. The average Bonchev–Trinajstić information content (AvgIpc) is 3.48. The zero-order valence-corrected chi connectivity index (χ0v) is 15.2. The minimum absolute atomic E-state index is 0.308. The summed E-state index contributed by atoms with van der Waals surface area (Å²) in [4.78, 5) is 5.05. The number of anilines is 1. The number of aromatic nitrogens is 5. The Balaban J connectivity index is 1.44. The highest BCUT2D eigenvalue weighted by Gasteiger charge is 2.44. The topological polar surface area (TPSA) is 70.9 Å². The molecule has 0 atom stereocenters. The van der Waals surface area contributed by atoms with E-state index in [2.05, 4.69) is 38.8 Å². The summed E-state index contributed by atoms with van der Waals surface area (Å²) in [5, 5.41) is 16.6. The maximum Gasteiger partial charge on any atom is 0.157 e. The minimum atomic E-state index is 0.308. The van der Waals surface area contributed by atoms with Gasteiger partial charge in [-0.15, -0.1) is 0 Å². The predicted octanol–water partition coefficient (Wildman–Crippen LogP) is 3.98. The number of hydrogen-bond acceptors (Lipinski definition) is 4. The van der Waals surface area contributed by atoms with Gasteiger partial charge in [-0.1, -0.05) is 25.0 Å². The van der Waals surface area contributed by atoms with Gasteiger partial charge in [-0.2, -0.15) is 14.7 Å². The Morgan fingerprint density at radius 3 is 3.00 bits per heavy atom. The molecule has 0 bridgehead atoms. The highest BCUT2D eigenvalue weighted by Crippen LogP contribution is 2.50. The molecule has 0 saturated heterocycles. The van der Waals surface area contributed by atoms with Crippen LogP contribution in [0.5, 0.6) is 0 Å². The number of nitrogens with zero attached hydrogens (tertiary/aromatic N) is 4. The Labute approximate surface area is 157 Å². The van der Waals surface area contributed by atoms with Crippen LogP contribution in [0, 0.1) is 0 Å². The summed E-state index contributed by atoms with van der Waals surface area (Å²) in [5.41, 5.74) is 6.27. The maximum atomic E-state index is 5.05. The van der Waals surface area contributed by atoms with Crippen LogP contribution < -0.4 is 5.32 Å². The van der Waals surface area contributed by atoms with Gasteiger partial charge < -0.3 is 5.32 Å². The van der Waals surface area contributed by atoms with Crippen molar-refractivity contribution in [3.8, 4) is 0 Å². The standard InChI is InChI=1S/C21H22N6/c1-2-9-21(8-1)10-6-15-19(21)25-18-7-11-24-27(18)20(15)22-12-14-4-3-5-17-16(14)13-23-26-17/h3-5,7,11,13,22H,1-2,6,8-10,12H2,(H,23,26). The van der Waals surface area contributed by atoms with Crippen molar-refractivity contribution in [3.05, 3.63) is 53.5 Å². The largest absolute Gasteiger partial charge is 0.366 e. The van der Waals surface area contributed by atoms with Crippen LogP contribution in [0.15, 0.2) is 36.7 Å². The van der Waals surface area contributed by atoms with Gasteiger partial charge in [0.2, 0.25) is 0 Å². The fourth-order valence-electron chi connectivity index (χ4n) is 5.22. The van der Waals surface area contributed by atoms with Crippen molar-refractivity contribution in [2.75, 3.05) is 5.32 Å². The summed E-state index contributed by atoms with van der Waals surface area (Å²) in [6, 6.07) is 8.31. The molecule has 0 radical (unpaired) electrons. The van der Waals surface area contributed by atoms with Gasteiger partial charge in [0.15, 0.2) is 5.65 Å². The lowest BCUT2D eigenvalue weighted by Crippen LogP contribution is -2.20. The van der Waals surface area contributed by atoms with Gasteiger partial charge in [0.1, 0.15) is 5.82 Å². The lowest BCUT2D eigenvalue weighted by atomic mass is 9.83. The molecular weight excluding hydrogens is 336 g/mol. The number of nitrogens with one attached hydrogen (secondary N) is 2. The fourth-order valence-corrected chi connectivity index (χ4v) is 5.22. The Hall–Kier alpha value is -2.89. The second-order valence-electron chi connectivity index (χ2n) is 7.98. The first-order chi connectivity index (χ1) is 13.3. The van der Waals surface area contributed by atoms with E-state index in [1.54, 1.807) is 0 Å². The Morgan fingerprint density at radius 2 is 2.07 bits per heavy atom. The van der Waals surface area contributed by atoms with Crippen LogP contribution in [0.1, 0.15) is 48.9 Å². The van der Waals surface area contributed by atoms with Crippen LogP contribution in [0.2, 0.25) is 0 Å². The highest BCUT2D eigenvalue weighted by atomic mass is 15.3. The van der Waals surface area contributed by atoms with Crippen LogP contribution in [0.4, 0.5) is 5.82 Å². The molecule has 0 unspecified atom stereocenters. The van der Waals surface area contributed by atoms with Gasteiger partial charge >= 0.3 is 0 Å². The summed E-state index contributed by atoms with van der Waals surface area (Å²) in [5.74, 6) is 1.12. The van der Waals surface area contributed by atoms with E-state index >= 15 is 0 Å². The number of benzene rings is 1. The summed E-state index contributed by atoms with van der Waals surface area (Å²) < 4.78 is 1.97. The van der Waals surface area contributed by atoms with Gasteiger partial charge in [-0.25, -0.2) is 4.98 Å². The Morgan fingerprint density at radius 1 is 1.15 bits per heavy atom. The van der Waals surface area contributed by atoms with Crippen molar-refractivity contribution < 1.29 is 0 Å². The zero-order valence-electron chi connectivity index (χ0n) is 15.2. The average molecular weight is 358 g/mol. The molecule has 4 aromatic rings. The zero-order chi connectivity index (χ0) is 17.8. The van der Waals surface area contributed by atoms with Crippen molar-refractivity contribution in [1.29, 1.82) is 0 Å². The minimum Gasteiger partial charge on any atom is -0.366 e. The molecule has 0 aliphatic heterocycles. The normalized spacial score (nSPS) is 17.9. The number of fused-ring (bicyclic) bond motifs is 4. The highest BCUT2D eigenvalue weighted by molar-refractivity contribution is 5.81. The molecule has 6 heteroatoms. The van der Waals surface area contributed by atoms with Crippen LogP contribution in [0.25, 0.3) is 16.6 Å². The van der Waals surface area contributed by atoms with E-state index in [0.717, 1.165) is 29.9 Å². The molecule has 136 valence electrons. The van der Waals surface area contributed by atoms with Crippen LogP contribution in [-0.4, -0.2) is 24.8 Å². The number of aromatic amines is 1. The molecule has 3 aromatic heterocycles. The smallest absolute Gasteiger partial charge is 0.157 e. The first-order valence-electron chi connectivity index (χ1n) is 9.86. The van der Waals surface area contributed by atoms with Crippen LogP contribution in [-0.2, 0) is 18.4 Å². The first kappa shape index (κ1) is 15.2. The molecule has 0 amide bonds. The van der Waals surface area contributed by atoms with Gasteiger partial charge in [0, 0.05) is 29.0 Å². The van der Waals surface area contributed by atoms with Crippen molar-refractivity contribution >= 4 is 22.4 Å². The number of rotatable bonds is 3. The lowest BCUT2D eigenvalue weighted by Gasteiger charge is -2.23. The Kier molecular flexibility index (Phi) is 3.12. The van der Waals surface area contributed by atoms with E-state index in [1.807, 2.05) is 23.0 Å². The molecule has 6 nitrogen and oxygen atoms in total. The van der Waals surface area contributed by atoms with E-state index in [4.69, 9.17) is 4.98 Å². The molecule has 1 fully saturated rings. The van der Waals surface area contributed by atoms with Crippen molar-refractivity contribution in [1.82, 2.24) is 24.8 Å². The van der Waals surface area contributed by atoms with E-state index < -0.39 is 0 Å². The molecule has 1 saturated carbocycles. The number of H-pyrrole nitrogens is 1. The molecule has 2 aliphatic carbocycles. The van der Waals surface area contributed by atoms with Gasteiger partial charge in [-0.3, -0.25) is 5.10 Å². The quantitative estimate of drug-likeness (QED) is 0.581. The van der Waals surface area contributed by atoms with Crippen molar-refractivity contribution in [2.24, 2.45) is 0 Å². The van der Waals surface area contributed by atoms with E-state index in [-0.39, 0.29) is 0 Å². The first-order valence-corrected chi connectivity index (χ1v) is 9.86.